The zero-order valence-electron chi connectivity index (χ0n) is 12.1. The summed E-state index contributed by atoms with van der Waals surface area (Å²) in [6, 6.07) is 0.629. The fraction of sp³-hybridized carbons (Fsp3) is 0.786. The molecule has 1 aliphatic heterocycles. The molecule has 0 aromatic carbocycles. The van der Waals surface area contributed by atoms with E-state index in [-0.39, 0.29) is 5.54 Å². The van der Waals surface area contributed by atoms with E-state index in [9.17, 15) is 0 Å². The standard InChI is InChI=1S/C14H26N4/c1-5-18-10-13(8-16-18)9-17-11-14(3,4)15-7-6-12(17)2/h8,10,12,15H,5-7,9,11H2,1-4H3. The summed E-state index contributed by atoms with van der Waals surface area (Å²) in [6.07, 6.45) is 5.38. The summed E-state index contributed by atoms with van der Waals surface area (Å²) in [4.78, 5) is 2.57. The van der Waals surface area contributed by atoms with Gasteiger partial charge < -0.3 is 5.32 Å². The van der Waals surface area contributed by atoms with E-state index in [1.807, 2.05) is 10.9 Å². The molecule has 1 aliphatic rings. The van der Waals surface area contributed by atoms with E-state index in [0.29, 0.717) is 6.04 Å². The smallest absolute Gasteiger partial charge is 0.0534 e. The van der Waals surface area contributed by atoms with Gasteiger partial charge in [-0.2, -0.15) is 5.10 Å². The van der Waals surface area contributed by atoms with Gasteiger partial charge in [-0.15, -0.1) is 0 Å². The first kappa shape index (κ1) is 13.6. The van der Waals surface area contributed by atoms with Crippen molar-refractivity contribution in [3.8, 4) is 0 Å². The first-order chi connectivity index (χ1) is 8.50. The molecule has 1 saturated heterocycles. The van der Waals surface area contributed by atoms with E-state index in [0.717, 1.165) is 26.2 Å². The molecule has 0 amide bonds. The van der Waals surface area contributed by atoms with Gasteiger partial charge in [-0.1, -0.05) is 0 Å². The summed E-state index contributed by atoms with van der Waals surface area (Å²) in [7, 11) is 0. The number of aromatic nitrogens is 2. The predicted octanol–water partition coefficient (Wildman–Crippen LogP) is 1.87. The minimum atomic E-state index is 0.200. The number of rotatable bonds is 3. The van der Waals surface area contributed by atoms with Crippen molar-refractivity contribution in [3.63, 3.8) is 0 Å². The van der Waals surface area contributed by atoms with E-state index >= 15 is 0 Å². The zero-order valence-corrected chi connectivity index (χ0v) is 12.1. The third kappa shape index (κ3) is 3.33. The van der Waals surface area contributed by atoms with Crippen LogP contribution in [0.1, 0.15) is 39.7 Å². The monoisotopic (exact) mass is 250 g/mol. The van der Waals surface area contributed by atoms with Crippen molar-refractivity contribution < 1.29 is 0 Å². The fourth-order valence-electron chi connectivity index (χ4n) is 2.63. The van der Waals surface area contributed by atoms with Crippen molar-refractivity contribution in [2.24, 2.45) is 0 Å². The molecule has 2 heterocycles. The summed E-state index contributed by atoms with van der Waals surface area (Å²) in [6.45, 7) is 13.2. The van der Waals surface area contributed by atoms with Crippen LogP contribution in [0.5, 0.6) is 0 Å². The van der Waals surface area contributed by atoms with Crippen LogP contribution < -0.4 is 5.32 Å². The molecule has 1 fully saturated rings. The van der Waals surface area contributed by atoms with Gasteiger partial charge in [-0.25, -0.2) is 0 Å². The van der Waals surface area contributed by atoms with E-state index < -0.39 is 0 Å². The molecule has 0 radical (unpaired) electrons. The molecule has 1 aromatic heterocycles. The molecule has 0 aliphatic carbocycles. The molecule has 4 heteroatoms. The van der Waals surface area contributed by atoms with Crippen molar-refractivity contribution in [2.75, 3.05) is 13.1 Å². The second kappa shape index (κ2) is 5.41. The summed E-state index contributed by atoms with van der Waals surface area (Å²) in [5, 5.41) is 7.98. The number of nitrogens with zero attached hydrogens (tertiary/aromatic N) is 3. The van der Waals surface area contributed by atoms with Crippen molar-refractivity contribution >= 4 is 0 Å². The molecule has 1 N–H and O–H groups in total. The van der Waals surface area contributed by atoms with Crippen LogP contribution in [0, 0.1) is 0 Å². The first-order valence-electron chi connectivity index (χ1n) is 7.00. The summed E-state index contributed by atoms with van der Waals surface area (Å²) in [5.74, 6) is 0. The zero-order chi connectivity index (χ0) is 13.2. The Morgan fingerprint density at radius 3 is 2.94 bits per heavy atom. The average molecular weight is 250 g/mol. The highest BCUT2D eigenvalue weighted by molar-refractivity contribution is 5.05. The Labute approximate surface area is 110 Å². The van der Waals surface area contributed by atoms with E-state index in [4.69, 9.17) is 0 Å². The molecule has 4 nitrogen and oxygen atoms in total. The van der Waals surface area contributed by atoms with Gasteiger partial charge >= 0.3 is 0 Å². The van der Waals surface area contributed by atoms with Crippen molar-refractivity contribution in [2.45, 2.75) is 58.8 Å². The first-order valence-corrected chi connectivity index (χ1v) is 7.00. The number of aryl methyl sites for hydroxylation is 1. The Morgan fingerprint density at radius 2 is 2.28 bits per heavy atom. The van der Waals surface area contributed by atoms with Crippen LogP contribution in [-0.4, -0.2) is 39.4 Å². The molecule has 0 bridgehead atoms. The third-order valence-electron chi connectivity index (χ3n) is 3.78. The summed E-state index contributed by atoms with van der Waals surface area (Å²) >= 11 is 0. The molecule has 1 unspecified atom stereocenters. The quantitative estimate of drug-likeness (QED) is 0.889. The highest BCUT2D eigenvalue weighted by atomic mass is 15.3. The fourth-order valence-corrected chi connectivity index (χ4v) is 2.63. The SMILES string of the molecule is CCn1cc(CN2CC(C)(C)NCCC2C)cn1. The van der Waals surface area contributed by atoms with E-state index in [2.05, 4.69) is 49.2 Å². The van der Waals surface area contributed by atoms with Gasteiger partial charge in [0.25, 0.3) is 0 Å². The molecule has 0 saturated carbocycles. The van der Waals surface area contributed by atoms with Gasteiger partial charge in [-0.3, -0.25) is 9.58 Å². The Morgan fingerprint density at radius 1 is 1.50 bits per heavy atom. The minimum Gasteiger partial charge on any atom is -0.310 e. The van der Waals surface area contributed by atoms with Crippen LogP contribution >= 0.6 is 0 Å². The van der Waals surface area contributed by atoms with Gasteiger partial charge in [0, 0.05) is 43.0 Å². The van der Waals surface area contributed by atoms with Gasteiger partial charge in [0.2, 0.25) is 0 Å². The van der Waals surface area contributed by atoms with Gasteiger partial charge in [0.1, 0.15) is 0 Å². The summed E-state index contributed by atoms with van der Waals surface area (Å²) in [5.41, 5.74) is 1.52. The maximum absolute atomic E-state index is 4.36. The van der Waals surface area contributed by atoms with Crippen LogP contribution in [0.2, 0.25) is 0 Å². The van der Waals surface area contributed by atoms with Crippen molar-refractivity contribution in [1.82, 2.24) is 20.0 Å². The van der Waals surface area contributed by atoms with Gasteiger partial charge in [-0.05, 0) is 40.7 Å². The molecule has 1 atom stereocenters. The predicted molar refractivity (Wildman–Crippen MR) is 74.5 cm³/mol. The minimum absolute atomic E-state index is 0.200. The number of hydrogen-bond donors (Lipinski definition) is 1. The van der Waals surface area contributed by atoms with Crippen LogP contribution in [0.3, 0.4) is 0 Å². The number of nitrogens with one attached hydrogen (secondary N) is 1. The van der Waals surface area contributed by atoms with E-state index in [1.54, 1.807) is 0 Å². The van der Waals surface area contributed by atoms with Crippen LogP contribution in [-0.2, 0) is 13.1 Å². The van der Waals surface area contributed by atoms with Crippen LogP contribution in [0.25, 0.3) is 0 Å². The topological polar surface area (TPSA) is 33.1 Å². The molecule has 18 heavy (non-hydrogen) atoms. The second-order valence-corrected chi connectivity index (χ2v) is 6.06. The highest BCUT2D eigenvalue weighted by Crippen LogP contribution is 2.18. The second-order valence-electron chi connectivity index (χ2n) is 6.06. The Balaban J connectivity index is 2.05. The lowest BCUT2D eigenvalue weighted by Gasteiger charge is -2.32. The molecular weight excluding hydrogens is 224 g/mol. The van der Waals surface area contributed by atoms with Crippen LogP contribution in [0.4, 0.5) is 0 Å². The van der Waals surface area contributed by atoms with Gasteiger partial charge in [0.05, 0.1) is 6.20 Å². The maximum Gasteiger partial charge on any atom is 0.0534 e. The normalized spacial score (nSPS) is 25.0. The average Bonchev–Trinajstić information content (AvgIpc) is 2.70. The molecule has 102 valence electrons. The number of hydrogen-bond acceptors (Lipinski definition) is 3. The van der Waals surface area contributed by atoms with E-state index in [1.165, 1.54) is 12.0 Å². The third-order valence-corrected chi connectivity index (χ3v) is 3.78. The lowest BCUT2D eigenvalue weighted by atomic mass is 10.1. The molecule has 0 spiro atoms. The Bertz CT molecular complexity index is 383. The molecular formula is C14H26N4. The summed E-state index contributed by atoms with van der Waals surface area (Å²) < 4.78 is 2.00. The highest BCUT2D eigenvalue weighted by Gasteiger charge is 2.27. The Kier molecular flexibility index (Phi) is 4.07. The maximum atomic E-state index is 4.36. The van der Waals surface area contributed by atoms with Crippen molar-refractivity contribution in [3.05, 3.63) is 18.0 Å². The lowest BCUT2D eigenvalue weighted by Crippen LogP contribution is -2.47. The van der Waals surface area contributed by atoms with Gasteiger partial charge in [0.15, 0.2) is 0 Å². The molecule has 1 aromatic rings. The molecule has 2 rings (SSSR count). The Hall–Kier alpha value is -0.870. The van der Waals surface area contributed by atoms with Crippen LogP contribution in [0.15, 0.2) is 12.4 Å². The largest absolute Gasteiger partial charge is 0.310 e. The lowest BCUT2D eigenvalue weighted by molar-refractivity contribution is 0.173. The van der Waals surface area contributed by atoms with Crippen molar-refractivity contribution in [1.29, 1.82) is 0 Å².